The van der Waals surface area contributed by atoms with E-state index in [9.17, 15) is 43.2 Å². The fraction of sp³-hybridized carbons (Fsp3) is 0.667. The summed E-state index contributed by atoms with van der Waals surface area (Å²) in [4.78, 5) is 108. The predicted molar refractivity (Wildman–Crippen MR) is 149 cm³/mol. The number of urea groups is 2. The van der Waals surface area contributed by atoms with Gasteiger partial charge in [0.2, 0.25) is 0 Å². The van der Waals surface area contributed by atoms with Crippen molar-refractivity contribution in [2.24, 2.45) is 0 Å². The first-order valence-electron chi connectivity index (χ1n) is 14.2. The average Bonchev–Trinajstić information content (AvgIpc) is 2.92. The van der Waals surface area contributed by atoms with E-state index in [1.54, 1.807) is 0 Å². The van der Waals surface area contributed by atoms with Crippen molar-refractivity contribution in [3.8, 4) is 0 Å². The van der Waals surface area contributed by atoms with Gasteiger partial charge in [-0.2, -0.15) is 0 Å². The van der Waals surface area contributed by atoms with Gasteiger partial charge < -0.3 is 53.3 Å². The molecule has 0 radical (unpaired) electrons. The molecule has 0 aromatic rings. The number of imide groups is 1. The zero-order valence-electron chi connectivity index (χ0n) is 27.0. The second-order valence-corrected chi connectivity index (χ2v) is 10.2. The molecular formula is C27H37N3O18. The van der Waals surface area contributed by atoms with Gasteiger partial charge in [-0.15, -0.1) is 0 Å². The Bertz CT molecular complexity index is 1270. The number of ether oxygens (including phenoxy) is 9. The third kappa shape index (κ3) is 12.3. The highest BCUT2D eigenvalue weighted by Gasteiger charge is 2.53. The van der Waals surface area contributed by atoms with Crippen LogP contribution < -0.4 is 16.0 Å². The molecule has 0 aliphatic carbocycles. The third-order valence-electron chi connectivity index (χ3n) is 6.11. The Balaban J connectivity index is 2.30. The normalized spacial score (nSPS) is 27.9. The Hall–Kier alpha value is -5.05. The molecule has 2 saturated heterocycles. The monoisotopic (exact) mass is 691 g/mol. The van der Waals surface area contributed by atoms with Crippen molar-refractivity contribution in [2.45, 2.75) is 104 Å². The highest BCUT2D eigenvalue weighted by atomic mass is 16.7. The number of carbonyl (C=O) groups is 9. The fourth-order valence-electron chi connectivity index (χ4n) is 4.64. The Morgan fingerprint density at radius 2 is 0.938 bits per heavy atom. The van der Waals surface area contributed by atoms with Crippen molar-refractivity contribution in [3.63, 3.8) is 0 Å². The van der Waals surface area contributed by atoms with Crippen LogP contribution in [0, 0.1) is 0 Å². The largest absolute Gasteiger partial charge is 0.463 e. The molecule has 0 saturated carbocycles. The van der Waals surface area contributed by atoms with Crippen molar-refractivity contribution in [1.29, 1.82) is 0 Å². The summed E-state index contributed by atoms with van der Waals surface area (Å²) in [5.74, 6) is -6.00. The topological polar surface area (TPSA) is 273 Å². The zero-order valence-corrected chi connectivity index (χ0v) is 27.0. The van der Waals surface area contributed by atoms with Crippen LogP contribution in [0.4, 0.5) is 9.59 Å². The quantitative estimate of drug-likeness (QED) is 0.169. The summed E-state index contributed by atoms with van der Waals surface area (Å²) in [7, 11) is 0. The van der Waals surface area contributed by atoms with Gasteiger partial charge in [-0.1, -0.05) is 0 Å². The lowest BCUT2D eigenvalue weighted by Crippen LogP contribution is -2.67. The third-order valence-corrected chi connectivity index (χ3v) is 6.11. The van der Waals surface area contributed by atoms with Gasteiger partial charge >= 0.3 is 53.8 Å². The Morgan fingerprint density at radius 1 is 0.521 bits per heavy atom. The van der Waals surface area contributed by atoms with Crippen LogP contribution in [-0.4, -0.2) is 122 Å². The van der Waals surface area contributed by atoms with Gasteiger partial charge in [-0.25, -0.2) is 9.59 Å². The molecule has 2 heterocycles. The highest BCUT2D eigenvalue weighted by molar-refractivity contribution is 5.93. The van der Waals surface area contributed by atoms with E-state index < -0.39 is 122 Å². The molecule has 21 heteroatoms. The number of rotatable bonds is 10. The van der Waals surface area contributed by atoms with Gasteiger partial charge in [0.15, 0.2) is 49.1 Å². The van der Waals surface area contributed by atoms with E-state index in [4.69, 9.17) is 42.6 Å². The maximum atomic E-state index is 13.0. The van der Waals surface area contributed by atoms with Crippen LogP contribution in [0.5, 0.6) is 0 Å². The molecule has 0 aromatic heterocycles. The molecular weight excluding hydrogens is 654 g/mol. The molecule has 21 nitrogen and oxygen atoms in total. The maximum Gasteiger partial charge on any atom is 0.325 e. The number of nitrogens with one attached hydrogen (secondary N) is 3. The van der Waals surface area contributed by atoms with Crippen molar-refractivity contribution in [1.82, 2.24) is 16.0 Å². The molecule has 4 amide bonds. The average molecular weight is 692 g/mol. The molecule has 2 aliphatic rings. The molecule has 0 spiro atoms. The van der Waals surface area contributed by atoms with Crippen LogP contribution in [0.1, 0.15) is 48.5 Å². The first-order chi connectivity index (χ1) is 22.4. The number of carbonyl (C=O) groups excluding carboxylic acids is 9. The standard InChI is InChI=1S/C27H37N3O18/c1-10(31)40-8-18-19(43-12(3)33)21(45-14(5)35)23(47-16(7)37)25(48-18)29-27(39)30-26(38)28-24-22(46-15(6)36)20(44-13(4)34)17(9-41-24)42-11(2)32/h17-25H,8-9H2,1-7H3,(H3,28,29,30,38,39)/t17-,18-,19-,20+,21+,22-,23-,24-,25-/m1/s1. The van der Waals surface area contributed by atoms with E-state index in [2.05, 4.69) is 10.6 Å². The number of hydrogen-bond acceptors (Lipinski definition) is 18. The molecule has 3 N–H and O–H groups in total. The smallest absolute Gasteiger partial charge is 0.325 e. The lowest BCUT2D eigenvalue weighted by Gasteiger charge is -2.44. The lowest BCUT2D eigenvalue weighted by molar-refractivity contribution is -0.255. The van der Waals surface area contributed by atoms with Gasteiger partial charge in [0.05, 0.1) is 6.61 Å². The summed E-state index contributed by atoms with van der Waals surface area (Å²) in [6.45, 7) is 6.21. The molecule has 2 rings (SSSR count). The minimum Gasteiger partial charge on any atom is -0.463 e. The molecule has 268 valence electrons. The summed E-state index contributed by atoms with van der Waals surface area (Å²) in [6.07, 6.45) is -13.7. The van der Waals surface area contributed by atoms with Crippen molar-refractivity contribution in [2.75, 3.05) is 13.2 Å². The van der Waals surface area contributed by atoms with Crippen LogP contribution in [0.2, 0.25) is 0 Å². The van der Waals surface area contributed by atoms with E-state index >= 15 is 0 Å². The summed E-state index contributed by atoms with van der Waals surface area (Å²) >= 11 is 0. The highest BCUT2D eigenvalue weighted by Crippen LogP contribution is 2.28. The SMILES string of the molecule is CC(=O)OC[C@H]1O[C@@H](NC(=O)NC(=O)N[C@@H]2OC[C@@H](OC(C)=O)[C@H](OC(C)=O)[C@H]2OC(C)=O)[C@H](OC(C)=O)[C@@H](OC(C)=O)[C@@H]1OC(C)=O. The number of esters is 7. The molecule has 2 fully saturated rings. The van der Waals surface area contributed by atoms with Gasteiger partial charge in [0, 0.05) is 48.5 Å². The van der Waals surface area contributed by atoms with E-state index in [0.29, 0.717) is 0 Å². The van der Waals surface area contributed by atoms with Crippen molar-refractivity contribution in [3.05, 3.63) is 0 Å². The molecule has 9 atom stereocenters. The minimum atomic E-state index is -1.71. The zero-order chi connectivity index (χ0) is 36.3. The molecule has 0 unspecified atom stereocenters. The predicted octanol–water partition coefficient (Wildman–Crippen LogP) is -1.77. The van der Waals surface area contributed by atoms with Gasteiger partial charge in [-0.3, -0.25) is 38.9 Å². The Morgan fingerprint density at radius 3 is 1.42 bits per heavy atom. The van der Waals surface area contributed by atoms with Crippen LogP contribution in [0.15, 0.2) is 0 Å². The second kappa shape index (κ2) is 17.8. The summed E-state index contributed by atoms with van der Waals surface area (Å²) in [6, 6.07) is -2.57. The van der Waals surface area contributed by atoms with Crippen LogP contribution in [-0.2, 0) is 76.2 Å². The first kappa shape index (κ1) is 39.1. The van der Waals surface area contributed by atoms with Crippen molar-refractivity contribution < 1.29 is 85.8 Å². The Kier molecular flexibility index (Phi) is 14.5. The maximum absolute atomic E-state index is 13.0. The summed E-state index contributed by atoms with van der Waals surface area (Å²) < 4.78 is 47.4. The molecule has 48 heavy (non-hydrogen) atoms. The van der Waals surface area contributed by atoms with E-state index in [0.717, 1.165) is 48.5 Å². The van der Waals surface area contributed by atoms with Gasteiger partial charge in [-0.05, 0) is 0 Å². The number of hydrogen-bond donors (Lipinski definition) is 3. The molecule has 0 aromatic carbocycles. The van der Waals surface area contributed by atoms with Gasteiger partial charge in [0.1, 0.15) is 12.7 Å². The van der Waals surface area contributed by atoms with Crippen LogP contribution >= 0.6 is 0 Å². The molecule has 2 aliphatic heterocycles. The molecule has 0 bridgehead atoms. The van der Waals surface area contributed by atoms with E-state index in [-0.39, 0.29) is 0 Å². The number of amides is 4. The van der Waals surface area contributed by atoms with Gasteiger partial charge in [0.25, 0.3) is 0 Å². The minimum absolute atomic E-state index is 0.433. The first-order valence-corrected chi connectivity index (χ1v) is 14.2. The summed E-state index contributed by atoms with van der Waals surface area (Å²) in [5, 5.41) is 6.30. The lowest BCUT2D eigenvalue weighted by atomic mass is 9.97. The van der Waals surface area contributed by atoms with Crippen molar-refractivity contribution >= 4 is 53.8 Å². The van der Waals surface area contributed by atoms with E-state index in [1.807, 2.05) is 5.32 Å². The van der Waals surface area contributed by atoms with E-state index in [1.165, 1.54) is 0 Å². The van der Waals surface area contributed by atoms with Crippen LogP contribution in [0.25, 0.3) is 0 Å². The fourth-order valence-corrected chi connectivity index (χ4v) is 4.64. The summed E-state index contributed by atoms with van der Waals surface area (Å²) in [5.41, 5.74) is 0. The van der Waals surface area contributed by atoms with Crippen LogP contribution in [0.3, 0.4) is 0 Å². The second-order valence-electron chi connectivity index (χ2n) is 10.2. The Labute approximate surface area is 272 Å².